The highest BCUT2D eigenvalue weighted by atomic mass is 32.2. The van der Waals surface area contributed by atoms with Gasteiger partial charge in [0.2, 0.25) is 12.1 Å². The number of hydrogen-bond acceptors (Lipinski definition) is 6. The molecule has 188 valence electrons. The van der Waals surface area contributed by atoms with Crippen molar-refractivity contribution in [1.82, 2.24) is 10.0 Å². The third kappa shape index (κ3) is 5.56. The van der Waals surface area contributed by atoms with Crippen molar-refractivity contribution in [2.24, 2.45) is 10.9 Å². The lowest BCUT2D eigenvalue weighted by Crippen LogP contribution is -2.53. The van der Waals surface area contributed by atoms with Crippen LogP contribution >= 0.6 is 11.3 Å². The van der Waals surface area contributed by atoms with Crippen LogP contribution in [0.25, 0.3) is 0 Å². The molecule has 2 N–H and O–H groups in total. The maximum absolute atomic E-state index is 13.4. The molecule has 0 saturated heterocycles. The van der Waals surface area contributed by atoms with Gasteiger partial charge in [-0.1, -0.05) is 68.4 Å². The van der Waals surface area contributed by atoms with Crippen LogP contribution in [0.1, 0.15) is 31.4 Å². The Balaban J connectivity index is 1.68. The third-order valence-corrected chi connectivity index (χ3v) is 8.62. The van der Waals surface area contributed by atoms with Crippen molar-refractivity contribution in [3.8, 4) is 0 Å². The monoisotopic (exact) mass is 524 g/mol. The van der Waals surface area contributed by atoms with E-state index in [1.54, 1.807) is 18.5 Å². The zero-order valence-corrected chi connectivity index (χ0v) is 21.8. The van der Waals surface area contributed by atoms with Crippen LogP contribution in [-0.2, 0) is 19.6 Å². The summed E-state index contributed by atoms with van der Waals surface area (Å²) in [7, 11) is -2.27. The number of thiophene rings is 1. The van der Waals surface area contributed by atoms with E-state index in [1.165, 1.54) is 11.0 Å². The average molecular weight is 525 g/mol. The largest absolute Gasteiger partial charge is 0.325 e. The van der Waals surface area contributed by atoms with Crippen LogP contribution in [-0.4, -0.2) is 45.2 Å². The van der Waals surface area contributed by atoms with Crippen molar-refractivity contribution in [3.63, 3.8) is 0 Å². The molecule has 1 aromatic heterocycles. The van der Waals surface area contributed by atoms with Crippen LogP contribution in [0.4, 0.5) is 5.69 Å². The van der Waals surface area contributed by atoms with E-state index in [2.05, 4.69) is 15.0 Å². The zero-order chi connectivity index (χ0) is 25.9. The van der Waals surface area contributed by atoms with E-state index in [0.29, 0.717) is 11.4 Å². The van der Waals surface area contributed by atoms with Crippen LogP contribution in [0.5, 0.6) is 0 Å². The minimum absolute atomic E-state index is 0.0203. The second-order valence-electron chi connectivity index (χ2n) is 8.90. The van der Waals surface area contributed by atoms with Gasteiger partial charge in [0.25, 0.3) is 15.9 Å². The van der Waals surface area contributed by atoms with E-state index in [1.807, 2.05) is 68.4 Å². The molecule has 1 aliphatic rings. The van der Waals surface area contributed by atoms with E-state index in [0.717, 1.165) is 22.5 Å². The number of carbonyl (C=O) groups is 2. The fraction of sp³-hybridized carbons (Fsp3) is 0.269. The van der Waals surface area contributed by atoms with Crippen LogP contribution < -0.4 is 14.9 Å². The van der Waals surface area contributed by atoms with Gasteiger partial charge in [-0.2, -0.15) is 4.72 Å². The molecule has 0 spiro atoms. The second-order valence-corrected chi connectivity index (χ2v) is 11.8. The molecule has 2 aromatic carbocycles. The lowest BCUT2D eigenvalue weighted by atomic mass is 10.0. The topological polar surface area (TPSA) is 108 Å². The fourth-order valence-corrected chi connectivity index (χ4v) is 6.24. The third-order valence-electron chi connectivity index (χ3n) is 5.75. The molecule has 0 aliphatic carbocycles. The Hall–Kier alpha value is -3.34. The smallest absolute Gasteiger partial charge is 0.272 e. The quantitative estimate of drug-likeness (QED) is 0.471. The van der Waals surface area contributed by atoms with E-state index in [4.69, 9.17) is 0 Å². The minimum atomic E-state index is -3.90. The standard InChI is InChI=1S/C26H28N4O4S2/c1-17(2)16-20(29-36(33,34)22-14-9-15-35-22)25(31)28-24-26(32)30(3)21-13-8-7-12-19(21)23(27-24)18-10-5-4-6-11-18/h4-15,17,20,24,29H,16H2,1-3H3,(H,28,31). The number of likely N-dealkylation sites (N-methyl/N-ethyl adjacent to an activating group) is 1. The Labute approximate surface area is 215 Å². The fourth-order valence-electron chi connectivity index (χ4n) is 4.02. The Morgan fingerprint density at radius 3 is 2.42 bits per heavy atom. The van der Waals surface area contributed by atoms with Gasteiger partial charge in [-0.25, -0.2) is 13.4 Å². The molecule has 0 fully saturated rings. The number of benzene rings is 2. The van der Waals surface area contributed by atoms with Gasteiger partial charge in [-0.15, -0.1) is 11.3 Å². The number of para-hydroxylation sites is 1. The molecule has 36 heavy (non-hydrogen) atoms. The van der Waals surface area contributed by atoms with E-state index in [-0.39, 0.29) is 16.5 Å². The predicted molar refractivity (Wildman–Crippen MR) is 142 cm³/mol. The van der Waals surface area contributed by atoms with Crippen LogP contribution in [0.2, 0.25) is 0 Å². The lowest BCUT2D eigenvalue weighted by Gasteiger charge is -2.24. The number of nitrogens with zero attached hydrogens (tertiary/aromatic N) is 2. The number of rotatable bonds is 8. The van der Waals surface area contributed by atoms with Crippen LogP contribution in [0.15, 0.2) is 81.3 Å². The van der Waals surface area contributed by atoms with Crippen LogP contribution in [0, 0.1) is 5.92 Å². The molecule has 3 aromatic rings. The van der Waals surface area contributed by atoms with Gasteiger partial charge in [0.1, 0.15) is 10.3 Å². The Morgan fingerprint density at radius 2 is 1.75 bits per heavy atom. The van der Waals surface area contributed by atoms with Gasteiger partial charge < -0.3 is 10.2 Å². The average Bonchev–Trinajstić information content (AvgIpc) is 3.39. The van der Waals surface area contributed by atoms with Gasteiger partial charge in [-0.05, 0) is 29.9 Å². The highest BCUT2D eigenvalue weighted by molar-refractivity contribution is 7.91. The SMILES string of the molecule is CC(C)CC(NS(=O)(=O)c1cccs1)C(=O)NC1N=C(c2ccccc2)c2ccccc2N(C)C1=O. The van der Waals surface area contributed by atoms with E-state index >= 15 is 0 Å². The zero-order valence-electron chi connectivity index (χ0n) is 20.2. The molecule has 0 radical (unpaired) electrons. The first-order chi connectivity index (χ1) is 17.2. The molecule has 2 heterocycles. The first-order valence-corrected chi connectivity index (χ1v) is 13.9. The van der Waals surface area contributed by atoms with Crippen molar-refractivity contribution < 1.29 is 18.0 Å². The maximum atomic E-state index is 13.4. The molecular weight excluding hydrogens is 496 g/mol. The summed E-state index contributed by atoms with van der Waals surface area (Å²) < 4.78 is 28.3. The second kappa shape index (κ2) is 10.7. The number of nitrogens with one attached hydrogen (secondary N) is 2. The molecule has 8 nitrogen and oxygen atoms in total. The summed E-state index contributed by atoms with van der Waals surface area (Å²) in [6.45, 7) is 3.79. The highest BCUT2D eigenvalue weighted by Gasteiger charge is 2.34. The first-order valence-electron chi connectivity index (χ1n) is 11.5. The van der Waals surface area contributed by atoms with Crippen molar-refractivity contribution >= 4 is 44.6 Å². The van der Waals surface area contributed by atoms with Gasteiger partial charge in [0, 0.05) is 18.2 Å². The summed E-state index contributed by atoms with van der Waals surface area (Å²) in [4.78, 5) is 33.0. The number of sulfonamides is 1. The Morgan fingerprint density at radius 1 is 1.06 bits per heavy atom. The number of fused-ring (bicyclic) bond motifs is 1. The van der Waals surface area contributed by atoms with Crippen molar-refractivity contribution in [3.05, 3.63) is 83.2 Å². The minimum Gasteiger partial charge on any atom is -0.325 e. The predicted octanol–water partition coefficient (Wildman–Crippen LogP) is 3.40. The number of carbonyl (C=O) groups excluding carboxylic acids is 2. The van der Waals surface area contributed by atoms with Gasteiger partial charge in [0.05, 0.1) is 11.4 Å². The molecule has 2 atom stereocenters. The molecule has 4 rings (SSSR count). The molecule has 1 aliphatic heterocycles. The van der Waals surface area contributed by atoms with E-state index in [9.17, 15) is 18.0 Å². The number of amides is 2. The number of hydrogen-bond donors (Lipinski definition) is 2. The molecule has 0 bridgehead atoms. The molecule has 0 saturated carbocycles. The first kappa shape index (κ1) is 25.7. The molecule has 10 heteroatoms. The van der Waals surface area contributed by atoms with Crippen molar-refractivity contribution in [2.45, 2.75) is 36.7 Å². The summed E-state index contributed by atoms with van der Waals surface area (Å²) in [5.41, 5.74) is 2.78. The summed E-state index contributed by atoms with van der Waals surface area (Å²) in [5.74, 6) is -1.02. The summed E-state index contributed by atoms with van der Waals surface area (Å²) >= 11 is 1.07. The van der Waals surface area contributed by atoms with Crippen molar-refractivity contribution in [1.29, 1.82) is 0 Å². The molecule has 2 unspecified atom stereocenters. The van der Waals surface area contributed by atoms with Crippen molar-refractivity contribution in [2.75, 3.05) is 11.9 Å². The summed E-state index contributed by atoms with van der Waals surface area (Å²) in [6.07, 6.45) is -0.978. The summed E-state index contributed by atoms with van der Waals surface area (Å²) in [5, 5.41) is 4.36. The highest BCUT2D eigenvalue weighted by Crippen LogP contribution is 2.27. The Kier molecular flexibility index (Phi) is 7.67. The van der Waals surface area contributed by atoms with Gasteiger partial charge in [-0.3, -0.25) is 9.59 Å². The molecule has 2 amide bonds. The summed E-state index contributed by atoms with van der Waals surface area (Å²) in [6, 6.07) is 18.9. The van der Waals surface area contributed by atoms with Gasteiger partial charge >= 0.3 is 0 Å². The Bertz CT molecular complexity index is 1370. The number of aliphatic imine (C=N–C) groups is 1. The number of benzodiazepines with no additional fused rings is 1. The lowest BCUT2D eigenvalue weighted by molar-refractivity contribution is -0.128. The van der Waals surface area contributed by atoms with Gasteiger partial charge in [0.15, 0.2) is 0 Å². The number of anilines is 1. The molecular formula is C26H28N4O4S2. The normalized spacial score (nSPS) is 16.8. The van der Waals surface area contributed by atoms with E-state index < -0.39 is 34.0 Å². The maximum Gasteiger partial charge on any atom is 0.272 e. The van der Waals surface area contributed by atoms with Crippen LogP contribution in [0.3, 0.4) is 0 Å².